The maximum Gasteiger partial charge on any atom is 4.00 e. The maximum atomic E-state index is 0. The van der Waals surface area contributed by atoms with Crippen molar-refractivity contribution in [2.45, 2.75) is 0 Å². The quantitative estimate of drug-likeness (QED) is 0.520. The Morgan fingerprint density at radius 2 is 1.00 bits per heavy atom. The molecule has 0 unspecified atom stereocenters. The molecule has 1 nitrogen and oxygen atoms in total. The fourth-order valence-corrected chi connectivity index (χ4v) is 0. The van der Waals surface area contributed by atoms with Crippen molar-refractivity contribution in [3.63, 3.8) is 0 Å². The van der Waals surface area contributed by atoms with Crippen LogP contribution < -0.4 is 0 Å². The van der Waals surface area contributed by atoms with Crippen molar-refractivity contribution < 1.29 is 25.0 Å². The van der Waals surface area contributed by atoms with Crippen LogP contribution in [0.4, 0.5) is 0 Å². The molecular weight excluding hydrogens is 315 g/mol. The van der Waals surface area contributed by atoms with Gasteiger partial charge in [0, 0.05) is 0 Å². The molecule has 0 saturated carbocycles. The van der Waals surface area contributed by atoms with E-state index < -0.39 is 0 Å². The fraction of sp³-hybridized carbons (Fsp3) is 0. The largest absolute Gasteiger partial charge is 4.00 e. The van der Waals surface area contributed by atoms with Crippen molar-refractivity contribution in [3.05, 3.63) is 0 Å². The molecule has 0 aromatic rings. The Balaban J connectivity index is 0. The Morgan fingerprint density at radius 3 is 1.00 bits per heavy atom. The zero-order valence-corrected chi connectivity index (χ0v) is 11.3. The predicted octanol–water partition coefficient (Wildman–Crippen LogP) is -0.883. The van der Waals surface area contributed by atoms with Crippen LogP contribution in [-0.2, 0) is 25.0 Å². The average molecular weight is 315 g/mol. The summed E-state index contributed by atoms with van der Waals surface area (Å²) in [5.74, 6) is 0. The van der Waals surface area contributed by atoms with Gasteiger partial charge in [0.1, 0.15) is 0 Å². The molecule has 0 bridgehead atoms. The molecule has 0 fully saturated rings. The van der Waals surface area contributed by atoms with Gasteiger partial charge in [0.05, 0.1) is 0 Å². The van der Waals surface area contributed by atoms with E-state index in [1.54, 1.807) is 0 Å². The molecule has 0 aromatic heterocycles. The normalized spacial score (nSPS) is 0. The zero-order valence-electron chi connectivity index (χ0n) is 2.19. The van der Waals surface area contributed by atoms with E-state index in [0.29, 0.717) is 0 Å². The van der Waals surface area contributed by atoms with Crippen molar-refractivity contribution in [1.82, 2.24) is 0 Å². The Hall–Kier alpha value is 2.25. The molecule has 0 aromatic carbocycles. The van der Waals surface area contributed by atoms with Crippen LogP contribution in [0.25, 0.3) is 0 Å². The van der Waals surface area contributed by atoms with E-state index in [-0.39, 0.29) is 74.7 Å². The second kappa shape index (κ2) is 18.7. The van der Waals surface area contributed by atoms with E-state index >= 15 is 0 Å². The molecular formula is InOSnZn+7. The third-order valence-electron chi connectivity index (χ3n) is 0. The van der Waals surface area contributed by atoms with E-state index in [4.69, 9.17) is 0 Å². The first-order chi connectivity index (χ1) is 0. The van der Waals surface area contributed by atoms with E-state index in [0.717, 1.165) is 0 Å². The molecule has 0 atom stereocenters. The van der Waals surface area contributed by atoms with Crippen LogP contribution in [-0.4, -0.2) is 49.8 Å². The van der Waals surface area contributed by atoms with E-state index in [9.17, 15) is 0 Å². The van der Waals surface area contributed by atoms with Crippen molar-refractivity contribution in [2.75, 3.05) is 0 Å². The van der Waals surface area contributed by atoms with Crippen LogP contribution in [0.3, 0.4) is 0 Å². The van der Waals surface area contributed by atoms with Crippen LogP contribution >= 0.6 is 0 Å². The van der Waals surface area contributed by atoms with Crippen LogP contribution in [0.1, 0.15) is 0 Å². The van der Waals surface area contributed by atoms with Crippen molar-refractivity contribution in [1.29, 1.82) is 0 Å². The van der Waals surface area contributed by atoms with Gasteiger partial charge in [-0.15, -0.1) is 0 Å². The second-order valence-electron chi connectivity index (χ2n) is 0. The summed E-state index contributed by atoms with van der Waals surface area (Å²) in [6, 6.07) is 0. The summed E-state index contributed by atoms with van der Waals surface area (Å²) < 4.78 is 0. The summed E-state index contributed by atoms with van der Waals surface area (Å²) in [7, 11) is 0. The SMILES string of the molecule is [In+3].[O-2].[Sn+4].[Zn+2]. The van der Waals surface area contributed by atoms with Gasteiger partial charge in [-0.25, -0.2) is 0 Å². The van der Waals surface area contributed by atoms with Gasteiger partial charge in [-0.2, -0.15) is 0 Å². The first-order valence-corrected chi connectivity index (χ1v) is 0. The van der Waals surface area contributed by atoms with Gasteiger partial charge in [-0.05, 0) is 0 Å². The third kappa shape index (κ3) is 8.87. The number of hydrogen-bond donors (Lipinski definition) is 0. The Bertz CT molecular complexity index is 8.00. The molecule has 0 aliphatic rings. The van der Waals surface area contributed by atoms with Gasteiger partial charge >= 0.3 is 69.2 Å². The molecule has 0 aliphatic carbocycles. The Kier molecular flexibility index (Phi) is 159. The van der Waals surface area contributed by atoms with Gasteiger partial charge in [0.15, 0.2) is 0 Å². The molecule has 0 spiro atoms. The minimum absolute atomic E-state index is 0. The van der Waals surface area contributed by atoms with E-state index in [1.807, 2.05) is 0 Å². The van der Waals surface area contributed by atoms with Gasteiger partial charge in [0.2, 0.25) is 0 Å². The summed E-state index contributed by atoms with van der Waals surface area (Å²) in [6.07, 6.45) is 0. The molecule has 0 radical (unpaired) electrons. The summed E-state index contributed by atoms with van der Waals surface area (Å²) >= 11 is 0. The van der Waals surface area contributed by atoms with Gasteiger partial charge in [-0.1, -0.05) is 0 Å². The monoisotopic (exact) mass is 315 g/mol. The minimum Gasteiger partial charge on any atom is -2.00 e. The van der Waals surface area contributed by atoms with Crippen LogP contribution in [0.5, 0.6) is 0 Å². The van der Waals surface area contributed by atoms with Gasteiger partial charge < -0.3 is 5.48 Å². The summed E-state index contributed by atoms with van der Waals surface area (Å²) in [4.78, 5) is 0. The summed E-state index contributed by atoms with van der Waals surface area (Å²) in [6.45, 7) is 0. The second-order valence-corrected chi connectivity index (χ2v) is 0. The Labute approximate surface area is 73.7 Å². The minimum atomic E-state index is 0. The first kappa shape index (κ1) is 34.0. The summed E-state index contributed by atoms with van der Waals surface area (Å²) in [5.41, 5.74) is 0. The van der Waals surface area contributed by atoms with Crippen LogP contribution in [0.15, 0.2) is 0 Å². The average Bonchev–Trinajstić information content (AvgIpc) is 0. The molecule has 4 heavy (non-hydrogen) atoms. The standard InChI is InChI=1S/In.O.Sn.Zn/q+3;-2;+4;+2. The first-order valence-electron chi connectivity index (χ1n) is 0. The molecule has 0 aliphatic heterocycles. The van der Waals surface area contributed by atoms with Gasteiger partial charge in [0.25, 0.3) is 0 Å². The van der Waals surface area contributed by atoms with E-state index in [1.165, 1.54) is 0 Å². The molecule has 8 valence electrons. The molecule has 0 heterocycles. The van der Waals surface area contributed by atoms with Crippen LogP contribution in [0.2, 0.25) is 0 Å². The molecule has 0 saturated heterocycles. The molecule has 4 heteroatoms. The molecule has 0 N–H and O–H groups in total. The van der Waals surface area contributed by atoms with E-state index in [2.05, 4.69) is 0 Å². The number of hydrogen-bond acceptors (Lipinski definition) is 0. The van der Waals surface area contributed by atoms with Crippen molar-refractivity contribution in [3.8, 4) is 0 Å². The fourth-order valence-electron chi connectivity index (χ4n) is 0. The van der Waals surface area contributed by atoms with Crippen LogP contribution in [0, 0.1) is 0 Å². The maximum absolute atomic E-state index is 0. The number of rotatable bonds is 0. The third-order valence-corrected chi connectivity index (χ3v) is 0. The molecule has 0 rings (SSSR count). The predicted molar refractivity (Wildman–Crippen MR) is 12.2 cm³/mol. The molecule has 0 amide bonds. The topological polar surface area (TPSA) is 28.5 Å². The zero-order chi connectivity index (χ0) is 0. The Morgan fingerprint density at radius 1 is 1.00 bits per heavy atom. The van der Waals surface area contributed by atoms with Gasteiger partial charge in [-0.3, -0.25) is 0 Å². The summed E-state index contributed by atoms with van der Waals surface area (Å²) in [5, 5.41) is 0. The van der Waals surface area contributed by atoms with Crippen molar-refractivity contribution in [2.24, 2.45) is 0 Å². The van der Waals surface area contributed by atoms with Crippen molar-refractivity contribution >= 4 is 49.8 Å². The smallest absolute Gasteiger partial charge is 2.00 e.